The van der Waals surface area contributed by atoms with E-state index in [-0.39, 0.29) is 6.61 Å². The fourth-order valence-corrected chi connectivity index (χ4v) is 2.11. The van der Waals surface area contributed by atoms with Crippen molar-refractivity contribution in [3.63, 3.8) is 0 Å². The predicted octanol–water partition coefficient (Wildman–Crippen LogP) is 1.61. The van der Waals surface area contributed by atoms with Crippen molar-refractivity contribution >= 4 is 23.2 Å². The van der Waals surface area contributed by atoms with Crippen molar-refractivity contribution in [2.75, 3.05) is 19.7 Å². The summed E-state index contributed by atoms with van der Waals surface area (Å²) in [4.78, 5) is 0. The Morgan fingerprint density at radius 1 is 1.38 bits per heavy atom. The minimum atomic E-state index is -0.632. The van der Waals surface area contributed by atoms with E-state index in [0.29, 0.717) is 35.4 Å². The largest absolute Gasteiger partial charge is 0.489 e. The first-order chi connectivity index (χ1) is 10.1. The molecule has 0 aliphatic carbocycles. The number of aliphatic hydroxyl groups is 1. The van der Waals surface area contributed by atoms with Crippen molar-refractivity contribution in [3.8, 4) is 5.75 Å². The monoisotopic (exact) mass is 330 g/mol. The number of hydrogen-bond donors (Lipinski definition) is 2. The first-order valence-corrected chi connectivity index (χ1v) is 7.21. The van der Waals surface area contributed by atoms with Crippen LogP contribution in [0.15, 0.2) is 30.6 Å². The van der Waals surface area contributed by atoms with E-state index in [9.17, 15) is 5.11 Å². The van der Waals surface area contributed by atoms with Crippen LogP contribution in [0.1, 0.15) is 0 Å². The molecule has 1 unspecified atom stereocenters. The van der Waals surface area contributed by atoms with E-state index in [0.717, 1.165) is 0 Å². The van der Waals surface area contributed by atoms with Gasteiger partial charge < -0.3 is 15.2 Å². The Morgan fingerprint density at radius 3 is 2.95 bits per heavy atom. The summed E-state index contributed by atoms with van der Waals surface area (Å²) in [5, 5.41) is 21.4. The Balaban J connectivity index is 1.64. The molecule has 0 aliphatic rings. The first-order valence-electron chi connectivity index (χ1n) is 6.46. The fourth-order valence-electron chi connectivity index (χ4n) is 1.65. The molecule has 114 valence electrons. The van der Waals surface area contributed by atoms with Crippen molar-refractivity contribution in [2.45, 2.75) is 12.6 Å². The molecular formula is C13H16Cl2N4O2. The Bertz CT molecular complexity index is 551. The van der Waals surface area contributed by atoms with Gasteiger partial charge in [0.05, 0.1) is 17.8 Å². The summed E-state index contributed by atoms with van der Waals surface area (Å²) in [5.74, 6) is 0.503. The molecule has 1 heterocycles. The number of rotatable bonds is 8. The normalized spacial score (nSPS) is 12.3. The summed E-state index contributed by atoms with van der Waals surface area (Å²) in [5.41, 5.74) is 0. The fraction of sp³-hybridized carbons (Fsp3) is 0.385. The molecule has 1 aromatic heterocycles. The number of aromatic nitrogens is 3. The average molecular weight is 331 g/mol. The molecule has 0 fully saturated rings. The summed E-state index contributed by atoms with van der Waals surface area (Å²) < 4.78 is 7.16. The van der Waals surface area contributed by atoms with E-state index >= 15 is 0 Å². The van der Waals surface area contributed by atoms with Crippen LogP contribution in [0.25, 0.3) is 0 Å². The summed E-state index contributed by atoms with van der Waals surface area (Å²) in [6, 6.07) is 4.96. The third kappa shape index (κ3) is 5.51. The van der Waals surface area contributed by atoms with Crippen LogP contribution in [-0.2, 0) is 6.54 Å². The van der Waals surface area contributed by atoms with Gasteiger partial charge >= 0.3 is 0 Å². The number of nitrogens with one attached hydrogen (secondary N) is 1. The van der Waals surface area contributed by atoms with Crippen LogP contribution in [-0.4, -0.2) is 45.9 Å². The van der Waals surface area contributed by atoms with E-state index < -0.39 is 6.10 Å². The zero-order chi connectivity index (χ0) is 15.1. The van der Waals surface area contributed by atoms with Crippen molar-refractivity contribution in [3.05, 3.63) is 40.6 Å². The molecule has 0 saturated heterocycles. The maximum atomic E-state index is 9.82. The maximum Gasteiger partial charge on any atom is 0.138 e. The van der Waals surface area contributed by atoms with Crippen molar-refractivity contribution in [1.82, 2.24) is 20.3 Å². The lowest BCUT2D eigenvalue weighted by Gasteiger charge is -2.14. The van der Waals surface area contributed by atoms with Gasteiger partial charge in [-0.1, -0.05) is 28.4 Å². The zero-order valence-corrected chi connectivity index (χ0v) is 12.8. The second-order valence-corrected chi connectivity index (χ2v) is 5.25. The summed E-state index contributed by atoms with van der Waals surface area (Å²) >= 11 is 11.8. The van der Waals surface area contributed by atoms with Crippen LogP contribution in [0.5, 0.6) is 5.75 Å². The lowest BCUT2D eigenvalue weighted by molar-refractivity contribution is 0.106. The minimum Gasteiger partial charge on any atom is -0.489 e. The van der Waals surface area contributed by atoms with Gasteiger partial charge in [-0.3, -0.25) is 4.68 Å². The maximum absolute atomic E-state index is 9.82. The number of aliphatic hydroxyl groups excluding tert-OH is 1. The highest BCUT2D eigenvalue weighted by Gasteiger charge is 2.07. The first kappa shape index (κ1) is 16.0. The van der Waals surface area contributed by atoms with Gasteiger partial charge in [-0.2, -0.15) is 0 Å². The molecule has 0 spiro atoms. The number of nitrogens with zero attached hydrogens (tertiary/aromatic N) is 3. The summed E-state index contributed by atoms with van der Waals surface area (Å²) in [6.07, 6.45) is 2.77. The smallest absolute Gasteiger partial charge is 0.138 e. The highest BCUT2D eigenvalue weighted by molar-refractivity contribution is 6.35. The SMILES string of the molecule is OC(CNCCn1ccnn1)COc1ccc(Cl)cc1Cl. The molecule has 2 rings (SSSR count). The van der Waals surface area contributed by atoms with E-state index in [1.807, 2.05) is 0 Å². The number of benzene rings is 1. The molecule has 0 aliphatic heterocycles. The van der Waals surface area contributed by atoms with Gasteiger partial charge in [0.1, 0.15) is 18.5 Å². The number of hydrogen-bond acceptors (Lipinski definition) is 5. The molecule has 1 aromatic carbocycles. The number of ether oxygens (including phenoxy) is 1. The van der Waals surface area contributed by atoms with Gasteiger partial charge in [0.25, 0.3) is 0 Å². The lowest BCUT2D eigenvalue weighted by Crippen LogP contribution is -2.33. The Labute approximate surface area is 132 Å². The van der Waals surface area contributed by atoms with Crippen LogP contribution in [0, 0.1) is 0 Å². The molecule has 0 radical (unpaired) electrons. The average Bonchev–Trinajstić information content (AvgIpc) is 2.96. The van der Waals surface area contributed by atoms with Crippen LogP contribution < -0.4 is 10.1 Å². The van der Waals surface area contributed by atoms with Crippen molar-refractivity contribution < 1.29 is 9.84 Å². The van der Waals surface area contributed by atoms with Crippen LogP contribution >= 0.6 is 23.2 Å². The summed E-state index contributed by atoms with van der Waals surface area (Å²) in [7, 11) is 0. The molecule has 0 saturated carbocycles. The Hall–Kier alpha value is -1.34. The second-order valence-electron chi connectivity index (χ2n) is 4.41. The van der Waals surface area contributed by atoms with Gasteiger partial charge in [0.15, 0.2) is 0 Å². The molecule has 21 heavy (non-hydrogen) atoms. The molecule has 2 N–H and O–H groups in total. The Morgan fingerprint density at radius 2 is 2.24 bits per heavy atom. The van der Waals surface area contributed by atoms with Gasteiger partial charge in [-0.25, -0.2) is 0 Å². The van der Waals surface area contributed by atoms with Gasteiger partial charge in [-0.15, -0.1) is 5.10 Å². The van der Waals surface area contributed by atoms with Crippen molar-refractivity contribution in [2.24, 2.45) is 0 Å². The van der Waals surface area contributed by atoms with Crippen molar-refractivity contribution in [1.29, 1.82) is 0 Å². The van der Waals surface area contributed by atoms with E-state index in [1.165, 1.54) is 0 Å². The zero-order valence-electron chi connectivity index (χ0n) is 11.2. The molecule has 0 amide bonds. The topological polar surface area (TPSA) is 72.2 Å². The van der Waals surface area contributed by atoms with Gasteiger partial charge in [-0.05, 0) is 18.2 Å². The van der Waals surface area contributed by atoms with Gasteiger partial charge in [0, 0.05) is 24.3 Å². The molecule has 1 atom stereocenters. The van der Waals surface area contributed by atoms with Gasteiger partial charge in [0.2, 0.25) is 0 Å². The molecule has 6 nitrogen and oxygen atoms in total. The minimum absolute atomic E-state index is 0.150. The second kappa shape index (κ2) is 8.19. The molecule has 2 aromatic rings. The Kier molecular flexibility index (Phi) is 6.25. The molecule has 8 heteroatoms. The van der Waals surface area contributed by atoms with E-state index in [2.05, 4.69) is 15.6 Å². The quantitative estimate of drug-likeness (QED) is 0.719. The summed E-state index contributed by atoms with van der Waals surface area (Å²) in [6.45, 7) is 1.94. The number of halogens is 2. The highest BCUT2D eigenvalue weighted by atomic mass is 35.5. The molecule has 0 bridgehead atoms. The van der Waals surface area contributed by atoms with Crippen LogP contribution in [0.3, 0.4) is 0 Å². The van der Waals surface area contributed by atoms with Crippen LogP contribution in [0.2, 0.25) is 10.0 Å². The standard InChI is InChI=1S/C13H16Cl2N4O2/c14-10-1-2-13(12(15)7-10)21-9-11(20)8-16-3-5-19-6-4-17-18-19/h1-2,4,6-7,11,16,20H,3,5,8-9H2. The highest BCUT2D eigenvalue weighted by Crippen LogP contribution is 2.27. The lowest BCUT2D eigenvalue weighted by atomic mass is 10.3. The molecular weight excluding hydrogens is 315 g/mol. The third-order valence-corrected chi connectivity index (χ3v) is 3.23. The van der Waals surface area contributed by atoms with Crippen LogP contribution in [0.4, 0.5) is 0 Å². The predicted molar refractivity (Wildman–Crippen MR) is 80.9 cm³/mol. The third-order valence-electron chi connectivity index (χ3n) is 2.69. The van der Waals surface area contributed by atoms with E-state index in [1.54, 1.807) is 35.3 Å². The van der Waals surface area contributed by atoms with E-state index in [4.69, 9.17) is 27.9 Å².